The molecule has 25 heavy (non-hydrogen) atoms. The molecule has 0 spiro atoms. The summed E-state index contributed by atoms with van der Waals surface area (Å²) in [4.78, 5) is 10.8. The molecule has 1 N–H and O–H groups in total. The summed E-state index contributed by atoms with van der Waals surface area (Å²) in [5, 5.41) is 12.4. The molecular weight excluding hydrogens is 424 g/mol. The molecule has 0 aliphatic carbocycles. The minimum absolute atomic E-state index is 0.0579. The Labute approximate surface area is 160 Å². The van der Waals surface area contributed by atoms with Crippen molar-refractivity contribution in [2.45, 2.75) is 6.61 Å². The Morgan fingerprint density at radius 1 is 1.32 bits per heavy atom. The Hall–Kier alpha value is -1.54. The highest BCUT2D eigenvalue weighted by atomic mass is 35.5. The lowest BCUT2D eigenvalue weighted by molar-refractivity contribution is -0.131. The van der Waals surface area contributed by atoms with Crippen LogP contribution in [0, 0.1) is 0 Å². The molecule has 0 saturated carbocycles. The molecule has 0 aliphatic rings. The fraction of sp³-hybridized carbons (Fsp3) is 0.143. The normalized spacial score (nSPS) is 11.9. The first-order chi connectivity index (χ1) is 11.6. The smallest absolute Gasteiger partial charge is 0.388 e. The second kappa shape index (κ2) is 7.78. The van der Waals surface area contributed by atoms with Crippen molar-refractivity contribution < 1.29 is 23.4 Å². The van der Waals surface area contributed by atoms with E-state index in [-0.39, 0.29) is 37.8 Å². The van der Waals surface area contributed by atoms with E-state index in [1.54, 1.807) is 0 Å². The summed E-state index contributed by atoms with van der Waals surface area (Å²) >= 11 is 23.8. The van der Waals surface area contributed by atoms with Crippen LogP contribution in [-0.2, 0) is 11.8 Å². The number of aryl methyl sites for hydroxylation is 1. The molecule has 0 amide bonds. The second-order valence-electron chi connectivity index (χ2n) is 4.62. The van der Waals surface area contributed by atoms with Crippen LogP contribution in [0.15, 0.2) is 17.2 Å². The minimum Gasteiger partial charge on any atom is -0.477 e. The number of aromatic nitrogens is 2. The van der Waals surface area contributed by atoms with E-state index in [2.05, 4.69) is 9.84 Å². The fourth-order valence-corrected chi connectivity index (χ4v) is 2.87. The first kappa shape index (κ1) is 19.8. The average Bonchev–Trinajstić information content (AvgIpc) is 2.77. The van der Waals surface area contributed by atoms with Gasteiger partial charge in [-0.25, -0.2) is 9.48 Å². The SMILES string of the molecule is Cn1nc(-c2cc(/C=C(\Cl)C(=O)O)c(Cl)cc2Cl)c(Cl)c1OC(F)F. The van der Waals surface area contributed by atoms with Crippen LogP contribution in [0.5, 0.6) is 5.88 Å². The van der Waals surface area contributed by atoms with Gasteiger partial charge < -0.3 is 9.84 Å². The van der Waals surface area contributed by atoms with Crippen LogP contribution in [0.4, 0.5) is 8.78 Å². The number of alkyl halides is 2. The molecule has 1 aromatic heterocycles. The zero-order valence-corrected chi connectivity index (χ0v) is 15.3. The average molecular weight is 432 g/mol. The first-order valence-corrected chi connectivity index (χ1v) is 7.90. The first-order valence-electron chi connectivity index (χ1n) is 6.39. The zero-order valence-electron chi connectivity index (χ0n) is 12.2. The molecule has 0 bridgehead atoms. The number of hydrogen-bond donors (Lipinski definition) is 1. The van der Waals surface area contributed by atoms with Crippen molar-refractivity contribution in [2.75, 3.05) is 0 Å². The Morgan fingerprint density at radius 3 is 2.52 bits per heavy atom. The van der Waals surface area contributed by atoms with Crippen molar-refractivity contribution in [3.8, 4) is 17.1 Å². The van der Waals surface area contributed by atoms with Crippen molar-refractivity contribution >= 4 is 58.4 Å². The lowest BCUT2D eigenvalue weighted by Crippen LogP contribution is -2.06. The van der Waals surface area contributed by atoms with Gasteiger partial charge in [-0.05, 0) is 23.8 Å². The van der Waals surface area contributed by atoms with Gasteiger partial charge in [-0.15, -0.1) is 0 Å². The number of hydrogen-bond acceptors (Lipinski definition) is 3. The molecule has 2 rings (SSSR count). The summed E-state index contributed by atoms with van der Waals surface area (Å²) in [6.07, 6.45) is 1.11. The predicted molar refractivity (Wildman–Crippen MR) is 91.8 cm³/mol. The van der Waals surface area contributed by atoms with Gasteiger partial charge in [-0.3, -0.25) is 0 Å². The summed E-state index contributed by atoms with van der Waals surface area (Å²) in [6.45, 7) is -3.09. The van der Waals surface area contributed by atoms with Crippen LogP contribution < -0.4 is 4.74 Å². The summed E-state index contributed by atoms with van der Waals surface area (Å²) in [5.41, 5.74) is 0.519. The van der Waals surface area contributed by atoms with Gasteiger partial charge in [0.25, 0.3) is 0 Å². The number of carbonyl (C=O) groups is 1. The number of rotatable bonds is 5. The summed E-state index contributed by atoms with van der Waals surface area (Å²) < 4.78 is 30.3. The van der Waals surface area contributed by atoms with Crippen molar-refractivity contribution in [3.63, 3.8) is 0 Å². The molecule has 2 aromatic rings. The van der Waals surface area contributed by atoms with Gasteiger partial charge in [-0.1, -0.05) is 46.4 Å². The van der Waals surface area contributed by atoms with Gasteiger partial charge in [0.15, 0.2) is 0 Å². The highest BCUT2D eigenvalue weighted by molar-refractivity contribution is 6.44. The molecule has 1 heterocycles. The van der Waals surface area contributed by atoms with Crippen LogP contribution in [0.1, 0.15) is 5.56 Å². The Bertz CT molecular complexity index is 868. The zero-order chi connectivity index (χ0) is 18.9. The molecule has 0 fully saturated rings. The molecule has 11 heteroatoms. The molecule has 134 valence electrons. The van der Waals surface area contributed by atoms with Crippen molar-refractivity contribution in [1.82, 2.24) is 9.78 Å². The monoisotopic (exact) mass is 430 g/mol. The standard InChI is InChI=1S/C14H8Cl4F2N2O3/c1-22-12(25-14(19)20)10(18)11(21-22)6-2-5(3-9(17)13(23)24)7(15)4-8(6)16/h2-4,14H,1H3,(H,23,24)/b9-3-. The van der Waals surface area contributed by atoms with Gasteiger partial charge in [0.05, 0.1) is 5.02 Å². The summed E-state index contributed by atoms with van der Waals surface area (Å²) in [6, 6.07) is 2.71. The van der Waals surface area contributed by atoms with E-state index in [1.807, 2.05) is 0 Å². The highest BCUT2D eigenvalue weighted by Gasteiger charge is 2.22. The van der Waals surface area contributed by atoms with Crippen molar-refractivity contribution in [3.05, 3.63) is 37.8 Å². The maximum Gasteiger partial charge on any atom is 0.388 e. The Balaban J connectivity index is 2.61. The van der Waals surface area contributed by atoms with Gasteiger partial charge in [0, 0.05) is 17.6 Å². The molecular formula is C14H8Cl4F2N2O3. The molecule has 0 saturated heterocycles. The third kappa shape index (κ3) is 4.36. The lowest BCUT2D eigenvalue weighted by Gasteiger charge is -2.07. The number of aliphatic carboxylic acids is 1. The maximum atomic E-state index is 12.5. The van der Waals surface area contributed by atoms with Crippen LogP contribution in [-0.4, -0.2) is 27.5 Å². The van der Waals surface area contributed by atoms with E-state index in [0.717, 1.165) is 10.8 Å². The van der Waals surface area contributed by atoms with E-state index in [0.29, 0.717) is 0 Å². The second-order valence-corrected chi connectivity index (χ2v) is 6.22. The number of benzene rings is 1. The Kier molecular flexibility index (Phi) is 6.16. The number of nitrogens with zero attached hydrogens (tertiary/aromatic N) is 2. The third-order valence-corrected chi connectivity index (χ3v) is 4.22. The van der Waals surface area contributed by atoms with Gasteiger partial charge >= 0.3 is 12.6 Å². The van der Waals surface area contributed by atoms with Crippen molar-refractivity contribution in [2.24, 2.45) is 7.05 Å². The summed E-state index contributed by atoms with van der Waals surface area (Å²) in [5.74, 6) is -1.70. The molecule has 0 unspecified atom stereocenters. The topological polar surface area (TPSA) is 64.4 Å². The van der Waals surface area contributed by atoms with Gasteiger partial charge in [0.1, 0.15) is 15.7 Å². The largest absolute Gasteiger partial charge is 0.477 e. The Morgan fingerprint density at radius 2 is 1.96 bits per heavy atom. The fourth-order valence-electron chi connectivity index (χ4n) is 1.92. The lowest BCUT2D eigenvalue weighted by atomic mass is 10.1. The van der Waals surface area contributed by atoms with Crippen LogP contribution >= 0.6 is 46.4 Å². The van der Waals surface area contributed by atoms with Crippen LogP contribution in [0.2, 0.25) is 15.1 Å². The molecule has 1 aromatic carbocycles. The number of ether oxygens (including phenoxy) is 1. The van der Waals surface area contributed by atoms with E-state index >= 15 is 0 Å². The van der Waals surface area contributed by atoms with E-state index in [9.17, 15) is 13.6 Å². The molecule has 5 nitrogen and oxygen atoms in total. The predicted octanol–water partition coefficient (Wildman–Crippen LogP) is 5.31. The molecule has 0 atom stereocenters. The van der Waals surface area contributed by atoms with Crippen LogP contribution in [0.3, 0.4) is 0 Å². The van der Waals surface area contributed by atoms with E-state index < -0.39 is 17.6 Å². The minimum atomic E-state index is -3.09. The van der Waals surface area contributed by atoms with Gasteiger partial charge in [-0.2, -0.15) is 13.9 Å². The summed E-state index contributed by atoms with van der Waals surface area (Å²) in [7, 11) is 1.36. The van der Waals surface area contributed by atoms with Crippen molar-refractivity contribution in [1.29, 1.82) is 0 Å². The number of carboxylic acids is 1. The highest BCUT2D eigenvalue weighted by Crippen LogP contribution is 2.40. The molecule has 0 radical (unpaired) electrons. The number of halogens is 6. The third-order valence-electron chi connectivity index (χ3n) is 2.97. The van der Waals surface area contributed by atoms with E-state index in [4.69, 9.17) is 51.5 Å². The quantitative estimate of drug-likeness (QED) is 0.651. The van der Waals surface area contributed by atoms with Crippen LogP contribution in [0.25, 0.3) is 17.3 Å². The number of carboxylic acid groups (broad SMARTS) is 1. The van der Waals surface area contributed by atoms with E-state index in [1.165, 1.54) is 19.2 Å². The van der Waals surface area contributed by atoms with Gasteiger partial charge in [0.2, 0.25) is 5.88 Å². The maximum absolute atomic E-state index is 12.5. The molecule has 0 aliphatic heterocycles.